The first-order valence-corrected chi connectivity index (χ1v) is 9.72. The molecule has 1 aromatic heterocycles. The van der Waals surface area contributed by atoms with Crippen LogP contribution in [0.25, 0.3) is 0 Å². The number of carbonyl (C=O) groups is 1. The zero-order chi connectivity index (χ0) is 18.3. The smallest absolute Gasteiger partial charge is 0.407 e. The van der Waals surface area contributed by atoms with Gasteiger partial charge < -0.3 is 19.6 Å². The van der Waals surface area contributed by atoms with Crippen LogP contribution in [0.2, 0.25) is 0 Å². The maximum atomic E-state index is 11.2. The molecule has 2 saturated heterocycles. The van der Waals surface area contributed by atoms with Crippen LogP contribution in [0.1, 0.15) is 49.1 Å². The number of nitrogens with zero attached hydrogens (tertiary/aromatic N) is 3. The van der Waals surface area contributed by atoms with E-state index in [0.717, 1.165) is 37.5 Å². The number of methoxy groups -OCH3 is 1. The average molecular weight is 359 g/mol. The molecule has 26 heavy (non-hydrogen) atoms. The van der Waals surface area contributed by atoms with Gasteiger partial charge in [0.2, 0.25) is 5.88 Å². The summed E-state index contributed by atoms with van der Waals surface area (Å²) in [4.78, 5) is 19.8. The van der Waals surface area contributed by atoms with E-state index in [1.54, 1.807) is 12.0 Å². The van der Waals surface area contributed by atoms with Gasteiger partial charge >= 0.3 is 6.09 Å². The Labute approximate surface area is 155 Å². The van der Waals surface area contributed by atoms with Crippen LogP contribution in [-0.2, 0) is 0 Å². The van der Waals surface area contributed by atoms with Crippen molar-refractivity contribution in [2.45, 2.75) is 51.0 Å². The molecule has 6 nitrogen and oxygen atoms in total. The summed E-state index contributed by atoms with van der Waals surface area (Å²) in [5, 5.41) is 9.17. The van der Waals surface area contributed by atoms with Crippen molar-refractivity contribution in [2.75, 3.05) is 33.3 Å². The molecule has 0 radical (unpaired) electrons. The molecule has 1 aliphatic carbocycles. The summed E-state index contributed by atoms with van der Waals surface area (Å²) in [6, 6.07) is 2.88. The van der Waals surface area contributed by atoms with Gasteiger partial charge in [-0.15, -0.1) is 0 Å². The highest BCUT2D eigenvalue weighted by molar-refractivity contribution is 5.65. The summed E-state index contributed by atoms with van der Waals surface area (Å²) < 4.78 is 5.27. The Morgan fingerprint density at radius 3 is 2.62 bits per heavy atom. The van der Waals surface area contributed by atoms with E-state index in [1.165, 1.54) is 31.2 Å². The van der Waals surface area contributed by atoms with E-state index in [0.29, 0.717) is 18.5 Å². The Kier molecular flexibility index (Phi) is 4.55. The molecule has 3 aliphatic rings. The third-order valence-electron chi connectivity index (χ3n) is 6.81. The standard InChI is InChI=1S/C20H29N3O3/c1-14-9-16(12-21-18(14)26-2)15-3-6-22(7-4-15)17-10-20(11-17)5-8-23(13-20)19(24)25/h9,12,15,17H,3-8,10-11,13H2,1-2H3,(H,24,25). The van der Waals surface area contributed by atoms with E-state index in [-0.39, 0.29) is 5.41 Å². The number of hydrogen-bond donors (Lipinski definition) is 1. The molecule has 1 aromatic rings. The monoisotopic (exact) mass is 359 g/mol. The second kappa shape index (κ2) is 6.72. The van der Waals surface area contributed by atoms with Gasteiger partial charge in [0, 0.05) is 30.9 Å². The van der Waals surface area contributed by atoms with Crippen molar-refractivity contribution in [3.63, 3.8) is 0 Å². The number of likely N-dealkylation sites (tertiary alicyclic amines) is 2. The summed E-state index contributed by atoms with van der Waals surface area (Å²) in [6.07, 6.45) is 6.97. The van der Waals surface area contributed by atoms with E-state index < -0.39 is 6.09 Å². The van der Waals surface area contributed by atoms with Gasteiger partial charge in [-0.1, -0.05) is 0 Å². The fraction of sp³-hybridized carbons (Fsp3) is 0.700. The number of ether oxygens (including phenoxy) is 1. The van der Waals surface area contributed by atoms with E-state index in [4.69, 9.17) is 4.74 Å². The van der Waals surface area contributed by atoms with Crippen molar-refractivity contribution in [2.24, 2.45) is 5.41 Å². The zero-order valence-corrected chi connectivity index (χ0v) is 15.8. The third-order valence-corrected chi connectivity index (χ3v) is 6.81. The van der Waals surface area contributed by atoms with Crippen LogP contribution < -0.4 is 4.74 Å². The van der Waals surface area contributed by atoms with Gasteiger partial charge in [0.15, 0.2) is 0 Å². The van der Waals surface area contributed by atoms with Crippen molar-refractivity contribution in [3.05, 3.63) is 23.4 Å². The number of carboxylic acid groups (broad SMARTS) is 1. The summed E-state index contributed by atoms with van der Waals surface area (Å²) >= 11 is 0. The molecule has 1 amide bonds. The molecule has 0 bridgehead atoms. The largest absolute Gasteiger partial charge is 0.481 e. The SMILES string of the molecule is COc1ncc(C2CCN(C3CC4(CCN(C(=O)O)C4)C3)CC2)cc1C. The van der Waals surface area contributed by atoms with Crippen LogP contribution in [0.3, 0.4) is 0 Å². The van der Waals surface area contributed by atoms with Gasteiger partial charge in [-0.2, -0.15) is 0 Å². The molecule has 0 aromatic carbocycles. The van der Waals surface area contributed by atoms with Gasteiger partial charge in [0.05, 0.1) is 7.11 Å². The first-order valence-electron chi connectivity index (χ1n) is 9.72. The Hall–Kier alpha value is -1.82. The van der Waals surface area contributed by atoms with Crippen LogP contribution in [0.15, 0.2) is 12.3 Å². The Bertz CT molecular complexity index is 679. The van der Waals surface area contributed by atoms with Crippen LogP contribution in [0, 0.1) is 12.3 Å². The first-order chi connectivity index (χ1) is 12.5. The van der Waals surface area contributed by atoms with Gasteiger partial charge in [-0.25, -0.2) is 9.78 Å². The lowest BCUT2D eigenvalue weighted by Crippen LogP contribution is -2.54. The number of pyridine rings is 1. The second-order valence-electron chi connectivity index (χ2n) is 8.42. The van der Waals surface area contributed by atoms with Crippen molar-refractivity contribution in [1.82, 2.24) is 14.8 Å². The third kappa shape index (κ3) is 3.15. The molecule has 3 heterocycles. The minimum atomic E-state index is -0.755. The minimum Gasteiger partial charge on any atom is -0.481 e. The van der Waals surface area contributed by atoms with Crippen LogP contribution in [0.4, 0.5) is 4.79 Å². The van der Waals surface area contributed by atoms with Crippen LogP contribution in [-0.4, -0.2) is 65.3 Å². The molecular formula is C20H29N3O3. The highest BCUT2D eigenvalue weighted by Gasteiger charge is 2.51. The molecule has 0 unspecified atom stereocenters. The molecule has 3 fully saturated rings. The number of aromatic nitrogens is 1. The number of piperidine rings is 1. The molecule has 4 rings (SSSR count). The Morgan fingerprint density at radius 1 is 1.31 bits per heavy atom. The normalized spacial score (nSPS) is 29.8. The summed E-state index contributed by atoms with van der Waals surface area (Å²) in [6.45, 7) is 5.79. The number of amides is 1. The van der Waals surface area contributed by atoms with Crippen molar-refractivity contribution in [1.29, 1.82) is 0 Å². The molecule has 142 valence electrons. The van der Waals surface area contributed by atoms with Gasteiger partial charge in [0.1, 0.15) is 0 Å². The van der Waals surface area contributed by atoms with Crippen LogP contribution in [0.5, 0.6) is 5.88 Å². The molecule has 1 spiro atoms. The molecule has 1 N–H and O–H groups in total. The van der Waals surface area contributed by atoms with Gasteiger partial charge in [-0.3, -0.25) is 0 Å². The predicted octanol–water partition coefficient (Wildman–Crippen LogP) is 3.11. The quantitative estimate of drug-likeness (QED) is 0.898. The highest BCUT2D eigenvalue weighted by Crippen LogP contribution is 2.50. The Balaban J connectivity index is 1.29. The highest BCUT2D eigenvalue weighted by atomic mass is 16.5. The Morgan fingerprint density at radius 2 is 2.04 bits per heavy atom. The lowest BCUT2D eigenvalue weighted by Gasteiger charge is -2.51. The summed E-state index contributed by atoms with van der Waals surface area (Å²) in [5.74, 6) is 1.31. The van der Waals surface area contributed by atoms with Gasteiger partial charge in [-0.05, 0) is 75.1 Å². The van der Waals surface area contributed by atoms with E-state index in [9.17, 15) is 9.90 Å². The second-order valence-corrected chi connectivity index (χ2v) is 8.42. The maximum absolute atomic E-state index is 11.2. The molecular weight excluding hydrogens is 330 g/mol. The molecule has 6 heteroatoms. The zero-order valence-electron chi connectivity index (χ0n) is 15.8. The molecule has 2 aliphatic heterocycles. The average Bonchev–Trinajstić information content (AvgIpc) is 3.07. The molecule has 0 atom stereocenters. The topological polar surface area (TPSA) is 65.9 Å². The fourth-order valence-corrected chi connectivity index (χ4v) is 5.25. The van der Waals surface area contributed by atoms with Crippen molar-refractivity contribution >= 4 is 6.09 Å². The summed E-state index contributed by atoms with van der Waals surface area (Å²) in [5.41, 5.74) is 2.72. The molecule has 1 saturated carbocycles. The van der Waals surface area contributed by atoms with Crippen molar-refractivity contribution in [3.8, 4) is 5.88 Å². The minimum absolute atomic E-state index is 0.275. The van der Waals surface area contributed by atoms with Crippen molar-refractivity contribution < 1.29 is 14.6 Å². The fourth-order valence-electron chi connectivity index (χ4n) is 5.25. The lowest BCUT2D eigenvalue weighted by atomic mass is 9.64. The maximum Gasteiger partial charge on any atom is 0.407 e. The van der Waals surface area contributed by atoms with E-state index in [1.807, 2.05) is 6.20 Å². The van der Waals surface area contributed by atoms with Crippen LogP contribution >= 0.6 is 0 Å². The van der Waals surface area contributed by atoms with E-state index >= 15 is 0 Å². The van der Waals surface area contributed by atoms with Gasteiger partial charge in [0.25, 0.3) is 0 Å². The number of rotatable bonds is 3. The first kappa shape index (κ1) is 17.6. The lowest BCUT2D eigenvalue weighted by molar-refractivity contribution is -0.00386. The predicted molar refractivity (Wildman–Crippen MR) is 98.7 cm³/mol. The number of aryl methyl sites for hydroxylation is 1. The number of hydrogen-bond acceptors (Lipinski definition) is 4. The van der Waals surface area contributed by atoms with E-state index in [2.05, 4.69) is 22.9 Å². The summed E-state index contributed by atoms with van der Waals surface area (Å²) in [7, 11) is 1.67.